The smallest absolute Gasteiger partial charge is 0.234 e. The number of hydrogen-bond acceptors (Lipinski definition) is 3. The van der Waals surface area contributed by atoms with E-state index in [0.717, 1.165) is 32.6 Å². The van der Waals surface area contributed by atoms with E-state index in [2.05, 4.69) is 21.4 Å². The molecule has 0 saturated heterocycles. The SMILES string of the molecule is O=C(CSc1nc2ccccc2[nH]1)Nc1ccc2ccccc2c1. The molecule has 1 amide bonds. The standard InChI is InChI=1S/C19H15N3OS/c23-18(12-24-19-21-16-7-3-4-8-17(16)22-19)20-15-10-9-13-5-1-2-6-14(13)11-15/h1-11H,12H2,(H,20,23)(H,21,22). The molecule has 0 saturated carbocycles. The van der Waals surface area contributed by atoms with Crippen LogP contribution in [0.25, 0.3) is 21.8 Å². The first-order chi connectivity index (χ1) is 11.8. The average Bonchev–Trinajstić information content (AvgIpc) is 3.03. The van der Waals surface area contributed by atoms with Crippen LogP contribution in [0.5, 0.6) is 0 Å². The van der Waals surface area contributed by atoms with Crippen molar-refractivity contribution < 1.29 is 4.79 Å². The number of nitrogens with one attached hydrogen (secondary N) is 2. The number of H-pyrrole nitrogens is 1. The number of anilines is 1. The van der Waals surface area contributed by atoms with Crippen molar-refractivity contribution in [3.63, 3.8) is 0 Å². The molecule has 0 aliphatic rings. The lowest BCUT2D eigenvalue weighted by molar-refractivity contribution is -0.113. The number of aromatic amines is 1. The van der Waals surface area contributed by atoms with Gasteiger partial charge in [0.05, 0.1) is 16.8 Å². The Balaban J connectivity index is 1.42. The van der Waals surface area contributed by atoms with Gasteiger partial charge in [0.15, 0.2) is 5.16 Å². The zero-order chi connectivity index (χ0) is 16.4. The lowest BCUT2D eigenvalue weighted by Gasteiger charge is -2.06. The van der Waals surface area contributed by atoms with Gasteiger partial charge in [0.25, 0.3) is 0 Å². The van der Waals surface area contributed by atoms with Crippen molar-refractivity contribution >= 4 is 45.2 Å². The first kappa shape index (κ1) is 14.8. The highest BCUT2D eigenvalue weighted by atomic mass is 32.2. The number of hydrogen-bond donors (Lipinski definition) is 2. The molecule has 24 heavy (non-hydrogen) atoms. The topological polar surface area (TPSA) is 57.8 Å². The Labute approximate surface area is 143 Å². The van der Waals surface area contributed by atoms with E-state index in [1.165, 1.54) is 11.8 Å². The summed E-state index contributed by atoms with van der Waals surface area (Å²) >= 11 is 1.40. The third kappa shape index (κ3) is 3.12. The van der Waals surface area contributed by atoms with Gasteiger partial charge in [-0.2, -0.15) is 0 Å². The van der Waals surface area contributed by atoms with Gasteiger partial charge in [-0.25, -0.2) is 4.98 Å². The summed E-state index contributed by atoms with van der Waals surface area (Å²) < 4.78 is 0. The predicted octanol–water partition coefficient (Wildman–Crippen LogP) is 4.45. The number of nitrogens with zero attached hydrogens (tertiary/aromatic N) is 1. The number of fused-ring (bicyclic) bond motifs is 2. The van der Waals surface area contributed by atoms with E-state index in [0.29, 0.717) is 5.75 Å². The van der Waals surface area contributed by atoms with Crippen molar-refractivity contribution in [1.82, 2.24) is 9.97 Å². The van der Waals surface area contributed by atoms with Crippen molar-refractivity contribution in [2.75, 3.05) is 11.1 Å². The fourth-order valence-electron chi connectivity index (χ4n) is 2.60. The van der Waals surface area contributed by atoms with Crippen molar-refractivity contribution in [2.24, 2.45) is 0 Å². The summed E-state index contributed by atoms with van der Waals surface area (Å²) in [7, 11) is 0. The number of benzene rings is 3. The summed E-state index contributed by atoms with van der Waals surface area (Å²) in [5.74, 6) is 0.267. The van der Waals surface area contributed by atoms with Crippen LogP contribution in [0.15, 0.2) is 71.9 Å². The van der Waals surface area contributed by atoms with E-state index < -0.39 is 0 Å². The Kier molecular flexibility index (Phi) is 3.92. The molecule has 0 aliphatic heterocycles. The molecule has 3 aromatic carbocycles. The molecule has 0 unspecified atom stereocenters. The Morgan fingerprint density at radius 3 is 2.67 bits per heavy atom. The van der Waals surface area contributed by atoms with Gasteiger partial charge in [0.1, 0.15) is 0 Å². The van der Waals surface area contributed by atoms with Crippen LogP contribution < -0.4 is 5.32 Å². The number of rotatable bonds is 4. The normalized spacial score (nSPS) is 11.0. The van der Waals surface area contributed by atoms with Gasteiger partial charge in [-0.3, -0.25) is 4.79 Å². The monoisotopic (exact) mass is 333 g/mol. The Morgan fingerprint density at radius 1 is 1.00 bits per heavy atom. The minimum atomic E-state index is -0.0456. The zero-order valence-electron chi connectivity index (χ0n) is 12.8. The molecule has 4 nitrogen and oxygen atoms in total. The molecule has 0 atom stereocenters. The molecule has 0 radical (unpaired) electrons. The van der Waals surface area contributed by atoms with Crippen LogP contribution in [0.2, 0.25) is 0 Å². The lowest BCUT2D eigenvalue weighted by atomic mass is 10.1. The molecule has 0 aliphatic carbocycles. The molecule has 0 spiro atoms. The molecule has 4 rings (SSSR count). The van der Waals surface area contributed by atoms with E-state index >= 15 is 0 Å². The molecule has 0 bridgehead atoms. The molecule has 0 fully saturated rings. The van der Waals surface area contributed by atoms with Crippen molar-refractivity contribution in [3.05, 3.63) is 66.7 Å². The largest absolute Gasteiger partial charge is 0.333 e. The van der Waals surface area contributed by atoms with Gasteiger partial charge in [-0.1, -0.05) is 54.2 Å². The maximum absolute atomic E-state index is 12.2. The molecular weight excluding hydrogens is 318 g/mol. The Hall–Kier alpha value is -2.79. The fourth-order valence-corrected chi connectivity index (χ4v) is 3.28. The van der Waals surface area contributed by atoms with Crippen LogP contribution in [0.1, 0.15) is 0 Å². The second kappa shape index (κ2) is 6.37. The summed E-state index contributed by atoms with van der Waals surface area (Å²) in [5.41, 5.74) is 2.70. The minimum absolute atomic E-state index is 0.0456. The van der Waals surface area contributed by atoms with Gasteiger partial charge in [-0.15, -0.1) is 0 Å². The van der Waals surface area contributed by atoms with Crippen LogP contribution in [-0.2, 0) is 4.79 Å². The Bertz CT molecular complexity index is 992. The summed E-state index contributed by atoms with van der Waals surface area (Å²) in [5, 5.41) is 5.96. The number of para-hydroxylation sites is 2. The average molecular weight is 333 g/mol. The van der Waals surface area contributed by atoms with E-state index in [-0.39, 0.29) is 5.91 Å². The van der Waals surface area contributed by atoms with E-state index in [1.54, 1.807) is 0 Å². The van der Waals surface area contributed by atoms with Crippen molar-refractivity contribution in [3.8, 4) is 0 Å². The molecule has 118 valence electrons. The van der Waals surface area contributed by atoms with E-state index in [9.17, 15) is 4.79 Å². The first-order valence-corrected chi connectivity index (χ1v) is 8.63. The highest BCUT2D eigenvalue weighted by Crippen LogP contribution is 2.21. The first-order valence-electron chi connectivity index (χ1n) is 7.64. The van der Waals surface area contributed by atoms with E-state index in [4.69, 9.17) is 0 Å². The number of aromatic nitrogens is 2. The summed E-state index contributed by atoms with van der Waals surface area (Å²) in [6, 6.07) is 21.8. The predicted molar refractivity (Wildman–Crippen MR) is 99.4 cm³/mol. The second-order valence-corrected chi connectivity index (χ2v) is 6.42. The molecule has 5 heteroatoms. The zero-order valence-corrected chi connectivity index (χ0v) is 13.6. The quantitative estimate of drug-likeness (QED) is 0.543. The van der Waals surface area contributed by atoms with Crippen LogP contribution in [0.3, 0.4) is 0 Å². The number of imidazole rings is 1. The Morgan fingerprint density at radius 2 is 1.79 bits per heavy atom. The number of amides is 1. The highest BCUT2D eigenvalue weighted by Gasteiger charge is 2.07. The highest BCUT2D eigenvalue weighted by molar-refractivity contribution is 7.99. The van der Waals surface area contributed by atoms with Crippen LogP contribution in [0.4, 0.5) is 5.69 Å². The number of carbonyl (C=O) groups is 1. The molecule has 1 aromatic heterocycles. The molecule has 4 aromatic rings. The summed E-state index contributed by atoms with van der Waals surface area (Å²) in [6.45, 7) is 0. The van der Waals surface area contributed by atoms with Gasteiger partial charge >= 0.3 is 0 Å². The van der Waals surface area contributed by atoms with Gasteiger partial charge < -0.3 is 10.3 Å². The lowest BCUT2D eigenvalue weighted by Crippen LogP contribution is -2.14. The third-order valence-electron chi connectivity index (χ3n) is 3.74. The minimum Gasteiger partial charge on any atom is -0.333 e. The van der Waals surface area contributed by atoms with Crippen LogP contribution in [-0.4, -0.2) is 21.6 Å². The maximum atomic E-state index is 12.2. The molecule has 2 N–H and O–H groups in total. The second-order valence-electron chi connectivity index (χ2n) is 5.46. The van der Waals surface area contributed by atoms with Crippen molar-refractivity contribution in [2.45, 2.75) is 5.16 Å². The van der Waals surface area contributed by atoms with Crippen molar-refractivity contribution in [1.29, 1.82) is 0 Å². The van der Waals surface area contributed by atoms with Gasteiger partial charge in [-0.05, 0) is 35.0 Å². The van der Waals surface area contributed by atoms with E-state index in [1.807, 2.05) is 60.7 Å². The van der Waals surface area contributed by atoms with Gasteiger partial charge in [0.2, 0.25) is 5.91 Å². The number of carbonyl (C=O) groups excluding carboxylic acids is 1. The summed E-state index contributed by atoms with van der Waals surface area (Å²) in [4.78, 5) is 19.8. The van der Waals surface area contributed by atoms with Gasteiger partial charge in [0, 0.05) is 5.69 Å². The van der Waals surface area contributed by atoms with Crippen LogP contribution in [0, 0.1) is 0 Å². The third-order valence-corrected chi connectivity index (χ3v) is 4.61. The van der Waals surface area contributed by atoms with Crippen LogP contribution >= 0.6 is 11.8 Å². The number of thioether (sulfide) groups is 1. The molecule has 1 heterocycles. The fraction of sp³-hybridized carbons (Fsp3) is 0.0526. The summed E-state index contributed by atoms with van der Waals surface area (Å²) in [6.07, 6.45) is 0. The maximum Gasteiger partial charge on any atom is 0.234 e. The molecular formula is C19H15N3OS.